The maximum atomic E-state index is 12.4. The Bertz CT molecular complexity index is 734. The Kier molecular flexibility index (Phi) is 3.06. The first-order valence-corrected chi connectivity index (χ1v) is 7.96. The second-order valence-corrected chi connectivity index (χ2v) is 6.66. The smallest absolute Gasteiger partial charge is 0.227 e. The molecule has 0 radical (unpaired) electrons. The van der Waals surface area contributed by atoms with Crippen molar-refractivity contribution in [1.29, 1.82) is 0 Å². The zero-order chi connectivity index (χ0) is 15.3. The Hall–Kier alpha value is -2.10. The van der Waals surface area contributed by atoms with Crippen molar-refractivity contribution in [3.63, 3.8) is 0 Å². The van der Waals surface area contributed by atoms with E-state index in [1.165, 1.54) is 12.8 Å². The van der Waals surface area contributed by atoms with Crippen LogP contribution in [0.4, 0.5) is 5.69 Å². The molecule has 2 saturated carbocycles. The van der Waals surface area contributed by atoms with E-state index in [1.54, 1.807) is 6.26 Å². The number of carbonyl (C=O) groups excluding carboxylic acids is 1. The van der Waals surface area contributed by atoms with Crippen molar-refractivity contribution in [2.75, 3.05) is 5.32 Å². The van der Waals surface area contributed by atoms with E-state index in [-0.39, 0.29) is 11.8 Å². The normalized spacial score (nSPS) is 25.8. The van der Waals surface area contributed by atoms with Crippen molar-refractivity contribution in [2.24, 2.45) is 17.8 Å². The van der Waals surface area contributed by atoms with E-state index in [2.05, 4.69) is 10.3 Å². The van der Waals surface area contributed by atoms with Gasteiger partial charge in [0.15, 0.2) is 0 Å². The summed E-state index contributed by atoms with van der Waals surface area (Å²) in [4.78, 5) is 16.8. The van der Waals surface area contributed by atoms with Crippen LogP contribution >= 0.6 is 0 Å². The molecule has 1 N–H and O–H groups in total. The van der Waals surface area contributed by atoms with Crippen LogP contribution in [0.5, 0.6) is 0 Å². The number of rotatable bonds is 3. The number of carbonyl (C=O) groups is 1. The third kappa shape index (κ3) is 2.32. The first-order chi connectivity index (χ1) is 10.6. The molecule has 0 spiro atoms. The standard InChI is InChI=1S/C18H20N2O2/c1-10-3-5-13(8-15(10)18-19-11(2)9-22-18)20-17(21)14-6-4-12-7-16(12)14/h3,5,8-9,12,14,16H,4,6-7H2,1-2H3,(H,20,21)/t12-,14-,16+/m0/s1. The lowest BCUT2D eigenvalue weighted by molar-refractivity contribution is -0.120. The van der Waals surface area contributed by atoms with Crippen LogP contribution in [-0.2, 0) is 4.79 Å². The molecular formula is C18H20N2O2. The first-order valence-electron chi connectivity index (χ1n) is 7.96. The Morgan fingerprint density at radius 1 is 1.32 bits per heavy atom. The second-order valence-electron chi connectivity index (χ2n) is 6.66. The molecule has 2 aliphatic rings. The summed E-state index contributed by atoms with van der Waals surface area (Å²) in [6.07, 6.45) is 5.15. The Morgan fingerprint density at radius 2 is 2.18 bits per heavy atom. The van der Waals surface area contributed by atoms with Crippen LogP contribution in [0.25, 0.3) is 11.5 Å². The van der Waals surface area contributed by atoms with E-state index in [4.69, 9.17) is 4.42 Å². The second kappa shape index (κ2) is 4.97. The molecule has 1 amide bonds. The number of fused-ring (bicyclic) bond motifs is 1. The summed E-state index contributed by atoms with van der Waals surface area (Å²) in [5.74, 6) is 2.44. The number of aromatic nitrogens is 1. The van der Waals surface area contributed by atoms with E-state index < -0.39 is 0 Å². The molecule has 3 atom stereocenters. The van der Waals surface area contributed by atoms with Gasteiger partial charge in [-0.15, -0.1) is 0 Å². The van der Waals surface area contributed by atoms with E-state index in [0.717, 1.165) is 34.8 Å². The quantitative estimate of drug-likeness (QED) is 0.933. The lowest BCUT2D eigenvalue weighted by Crippen LogP contribution is -2.22. The average molecular weight is 296 g/mol. The maximum Gasteiger partial charge on any atom is 0.227 e. The molecule has 1 heterocycles. The molecule has 4 rings (SSSR count). The van der Waals surface area contributed by atoms with Crippen molar-refractivity contribution in [1.82, 2.24) is 4.98 Å². The third-order valence-corrected chi connectivity index (χ3v) is 5.03. The number of oxazole rings is 1. The molecule has 114 valence electrons. The van der Waals surface area contributed by atoms with E-state index in [9.17, 15) is 4.79 Å². The van der Waals surface area contributed by atoms with Gasteiger partial charge < -0.3 is 9.73 Å². The zero-order valence-electron chi connectivity index (χ0n) is 12.9. The molecule has 1 aromatic carbocycles. The summed E-state index contributed by atoms with van der Waals surface area (Å²) in [7, 11) is 0. The van der Waals surface area contributed by atoms with Gasteiger partial charge in [0, 0.05) is 17.2 Å². The monoisotopic (exact) mass is 296 g/mol. The molecule has 0 bridgehead atoms. The summed E-state index contributed by atoms with van der Waals surface area (Å²) >= 11 is 0. The fraction of sp³-hybridized carbons (Fsp3) is 0.444. The number of hydrogen-bond donors (Lipinski definition) is 1. The molecule has 0 saturated heterocycles. The number of benzene rings is 1. The Labute approximate surface area is 129 Å². The molecule has 4 nitrogen and oxygen atoms in total. The number of anilines is 1. The van der Waals surface area contributed by atoms with Gasteiger partial charge in [0.1, 0.15) is 6.26 Å². The Morgan fingerprint density at radius 3 is 2.82 bits per heavy atom. The van der Waals surface area contributed by atoms with Crippen molar-refractivity contribution in [3.8, 4) is 11.5 Å². The number of amides is 1. The van der Waals surface area contributed by atoms with Crippen LogP contribution in [0.15, 0.2) is 28.9 Å². The van der Waals surface area contributed by atoms with E-state index in [0.29, 0.717) is 11.8 Å². The topological polar surface area (TPSA) is 55.1 Å². The van der Waals surface area contributed by atoms with Gasteiger partial charge in [-0.2, -0.15) is 0 Å². The highest BCUT2D eigenvalue weighted by Gasteiger charge is 2.50. The molecule has 4 heteroatoms. The van der Waals surface area contributed by atoms with Gasteiger partial charge in [0.25, 0.3) is 0 Å². The number of nitrogens with zero attached hydrogens (tertiary/aromatic N) is 1. The molecule has 2 aliphatic carbocycles. The predicted molar refractivity (Wildman–Crippen MR) is 84.4 cm³/mol. The third-order valence-electron chi connectivity index (χ3n) is 5.03. The van der Waals surface area contributed by atoms with Crippen LogP contribution in [0.2, 0.25) is 0 Å². The van der Waals surface area contributed by atoms with Gasteiger partial charge in [0.2, 0.25) is 11.8 Å². The van der Waals surface area contributed by atoms with Crippen molar-refractivity contribution < 1.29 is 9.21 Å². The van der Waals surface area contributed by atoms with Gasteiger partial charge in [-0.25, -0.2) is 4.98 Å². The lowest BCUT2D eigenvalue weighted by Gasteiger charge is -2.13. The van der Waals surface area contributed by atoms with Gasteiger partial charge in [0.05, 0.1) is 5.69 Å². The largest absolute Gasteiger partial charge is 0.444 e. The Balaban J connectivity index is 1.56. The number of nitrogens with one attached hydrogen (secondary N) is 1. The van der Waals surface area contributed by atoms with Crippen molar-refractivity contribution in [3.05, 3.63) is 35.7 Å². The van der Waals surface area contributed by atoms with E-state index in [1.807, 2.05) is 32.0 Å². The summed E-state index contributed by atoms with van der Waals surface area (Å²) in [5.41, 5.74) is 3.70. The zero-order valence-corrected chi connectivity index (χ0v) is 12.9. The summed E-state index contributed by atoms with van der Waals surface area (Å²) in [6, 6.07) is 5.91. The minimum Gasteiger partial charge on any atom is -0.444 e. The van der Waals surface area contributed by atoms with Crippen LogP contribution in [0.1, 0.15) is 30.5 Å². The first kappa shape index (κ1) is 13.6. The van der Waals surface area contributed by atoms with E-state index >= 15 is 0 Å². The van der Waals surface area contributed by atoms with Gasteiger partial charge in [-0.3, -0.25) is 4.79 Å². The highest BCUT2D eigenvalue weighted by molar-refractivity contribution is 5.94. The summed E-state index contributed by atoms with van der Waals surface area (Å²) in [5, 5.41) is 3.08. The molecule has 22 heavy (non-hydrogen) atoms. The summed E-state index contributed by atoms with van der Waals surface area (Å²) in [6.45, 7) is 3.92. The molecule has 0 aliphatic heterocycles. The van der Waals surface area contributed by atoms with Gasteiger partial charge in [-0.05, 0) is 62.6 Å². The average Bonchev–Trinajstić information content (AvgIpc) is 2.93. The SMILES string of the molecule is Cc1coc(-c2cc(NC(=O)[C@H]3CC[C@H]4C[C@H]43)ccc2C)n1. The minimum atomic E-state index is 0.170. The minimum absolute atomic E-state index is 0.170. The molecule has 1 aromatic heterocycles. The van der Waals surface area contributed by atoms with Gasteiger partial charge >= 0.3 is 0 Å². The highest BCUT2D eigenvalue weighted by atomic mass is 16.3. The molecular weight excluding hydrogens is 276 g/mol. The van der Waals surface area contributed by atoms with Crippen LogP contribution in [-0.4, -0.2) is 10.9 Å². The predicted octanol–water partition coefficient (Wildman–Crippen LogP) is 3.94. The molecule has 0 unspecified atom stereocenters. The number of hydrogen-bond acceptors (Lipinski definition) is 3. The van der Waals surface area contributed by atoms with Gasteiger partial charge in [-0.1, -0.05) is 6.07 Å². The maximum absolute atomic E-state index is 12.4. The highest BCUT2D eigenvalue weighted by Crippen LogP contribution is 2.55. The fourth-order valence-electron chi connectivity index (χ4n) is 3.67. The van der Waals surface area contributed by atoms with Crippen LogP contribution in [0, 0.1) is 31.6 Å². The van der Waals surface area contributed by atoms with Crippen LogP contribution in [0.3, 0.4) is 0 Å². The van der Waals surface area contributed by atoms with Crippen molar-refractivity contribution >= 4 is 11.6 Å². The molecule has 2 aromatic rings. The number of aryl methyl sites for hydroxylation is 2. The lowest BCUT2D eigenvalue weighted by atomic mass is 10.0. The summed E-state index contributed by atoms with van der Waals surface area (Å²) < 4.78 is 5.49. The molecule has 2 fully saturated rings. The van der Waals surface area contributed by atoms with Crippen molar-refractivity contribution in [2.45, 2.75) is 33.1 Å². The fourth-order valence-corrected chi connectivity index (χ4v) is 3.67. The van der Waals surface area contributed by atoms with Crippen LogP contribution < -0.4 is 5.32 Å².